The first-order chi connectivity index (χ1) is 10.2. The van der Waals surface area contributed by atoms with Gasteiger partial charge in [-0.05, 0) is 20.3 Å². The molecule has 0 fully saturated rings. The van der Waals surface area contributed by atoms with Crippen molar-refractivity contribution in [3.8, 4) is 12.3 Å². The summed E-state index contributed by atoms with van der Waals surface area (Å²) in [5.41, 5.74) is 0. The molecule has 22 heavy (non-hydrogen) atoms. The van der Waals surface area contributed by atoms with E-state index >= 15 is 0 Å². The highest BCUT2D eigenvalue weighted by atomic mass is 127. The fourth-order valence-electron chi connectivity index (χ4n) is 1.57. The van der Waals surface area contributed by atoms with Gasteiger partial charge >= 0.3 is 0 Å². The topological polar surface area (TPSA) is 76.4 Å². The molecule has 0 saturated carbocycles. The quantitative estimate of drug-likeness (QED) is 0.214. The minimum atomic E-state index is 0. The fraction of sp³-hybridized carbons (Fsp3) is 0.643. The second-order valence-electron chi connectivity index (χ2n) is 4.42. The molecule has 0 atom stereocenters. The SMILES string of the molecule is C#CCNC(=NCc1nnc(C)n1C)NCCCOCC.I. The Balaban J connectivity index is 0.00000441. The first-order valence-corrected chi connectivity index (χ1v) is 7.07. The monoisotopic (exact) mass is 420 g/mol. The molecule has 2 N–H and O–H groups in total. The van der Waals surface area contributed by atoms with Crippen molar-refractivity contribution >= 4 is 29.9 Å². The summed E-state index contributed by atoms with van der Waals surface area (Å²) in [5, 5.41) is 14.4. The molecule has 7 nitrogen and oxygen atoms in total. The number of hydrogen-bond acceptors (Lipinski definition) is 4. The number of aliphatic imine (C=N–C) groups is 1. The van der Waals surface area contributed by atoms with Crippen LogP contribution in [0.1, 0.15) is 25.0 Å². The van der Waals surface area contributed by atoms with E-state index in [4.69, 9.17) is 11.2 Å². The summed E-state index contributed by atoms with van der Waals surface area (Å²) < 4.78 is 7.20. The van der Waals surface area contributed by atoms with Crippen LogP contribution >= 0.6 is 24.0 Å². The van der Waals surface area contributed by atoms with Crippen molar-refractivity contribution in [3.05, 3.63) is 11.6 Å². The van der Waals surface area contributed by atoms with Gasteiger partial charge in [-0.15, -0.1) is 40.6 Å². The Hall–Kier alpha value is -1.34. The predicted octanol–water partition coefficient (Wildman–Crippen LogP) is 0.837. The average Bonchev–Trinajstić information content (AvgIpc) is 2.80. The third-order valence-electron chi connectivity index (χ3n) is 2.88. The number of aryl methyl sites for hydroxylation is 1. The summed E-state index contributed by atoms with van der Waals surface area (Å²) in [6, 6.07) is 0. The van der Waals surface area contributed by atoms with Crippen LogP contribution in [-0.2, 0) is 18.3 Å². The first kappa shape index (κ1) is 20.7. The molecule has 1 rings (SSSR count). The summed E-state index contributed by atoms with van der Waals surface area (Å²) in [7, 11) is 1.92. The summed E-state index contributed by atoms with van der Waals surface area (Å²) in [5.74, 6) is 4.88. The standard InChI is InChI=1S/C14H24N6O.HI/c1-5-8-15-14(16-9-7-10-21-6-2)17-11-13-19-18-12(3)20(13)4;/h1H,6-11H2,2-4H3,(H2,15,16,17);1H. The molecule has 0 saturated heterocycles. The van der Waals surface area contributed by atoms with Crippen LogP contribution in [0.3, 0.4) is 0 Å². The van der Waals surface area contributed by atoms with E-state index in [2.05, 4.69) is 31.7 Å². The van der Waals surface area contributed by atoms with Crippen molar-refractivity contribution in [1.29, 1.82) is 0 Å². The molecule has 0 aliphatic carbocycles. The molecule has 0 amide bonds. The molecule has 0 radical (unpaired) electrons. The molecule has 1 aromatic rings. The van der Waals surface area contributed by atoms with Crippen molar-refractivity contribution in [2.75, 3.05) is 26.3 Å². The predicted molar refractivity (Wildman–Crippen MR) is 98.2 cm³/mol. The molecule has 124 valence electrons. The maximum absolute atomic E-state index is 5.29. The minimum absolute atomic E-state index is 0. The van der Waals surface area contributed by atoms with Crippen LogP contribution in [-0.4, -0.2) is 47.0 Å². The van der Waals surface area contributed by atoms with E-state index in [0.29, 0.717) is 19.0 Å². The van der Waals surface area contributed by atoms with Gasteiger partial charge in [-0.2, -0.15) is 0 Å². The summed E-state index contributed by atoms with van der Waals surface area (Å²) in [6.07, 6.45) is 6.17. The number of nitrogens with one attached hydrogen (secondary N) is 2. The van der Waals surface area contributed by atoms with E-state index < -0.39 is 0 Å². The second-order valence-corrected chi connectivity index (χ2v) is 4.42. The lowest BCUT2D eigenvalue weighted by atomic mass is 10.4. The first-order valence-electron chi connectivity index (χ1n) is 7.07. The number of aromatic nitrogens is 3. The van der Waals surface area contributed by atoms with Crippen molar-refractivity contribution in [1.82, 2.24) is 25.4 Å². The normalized spacial score (nSPS) is 10.7. The molecule has 0 bridgehead atoms. The van der Waals surface area contributed by atoms with Gasteiger partial charge < -0.3 is 19.9 Å². The number of nitrogens with zero attached hydrogens (tertiary/aromatic N) is 4. The average molecular weight is 420 g/mol. The van der Waals surface area contributed by atoms with Crippen molar-refractivity contribution in [2.45, 2.75) is 26.8 Å². The van der Waals surface area contributed by atoms with Gasteiger partial charge in [0.25, 0.3) is 0 Å². The number of halogens is 1. The van der Waals surface area contributed by atoms with Crippen molar-refractivity contribution in [2.24, 2.45) is 12.0 Å². The molecule has 0 aromatic carbocycles. The summed E-state index contributed by atoms with van der Waals surface area (Å²) in [6.45, 7) is 7.00. The molecular formula is C14H25IN6O. The van der Waals surface area contributed by atoms with Crippen LogP contribution in [0.2, 0.25) is 0 Å². The highest BCUT2D eigenvalue weighted by Crippen LogP contribution is 1.98. The fourth-order valence-corrected chi connectivity index (χ4v) is 1.57. The molecule has 0 spiro atoms. The van der Waals surface area contributed by atoms with E-state index in [9.17, 15) is 0 Å². The van der Waals surface area contributed by atoms with E-state index in [-0.39, 0.29) is 24.0 Å². The van der Waals surface area contributed by atoms with Gasteiger partial charge in [-0.3, -0.25) is 0 Å². The molecule has 1 heterocycles. The van der Waals surface area contributed by atoms with Gasteiger partial charge in [-0.1, -0.05) is 5.92 Å². The van der Waals surface area contributed by atoms with Crippen LogP contribution in [0.4, 0.5) is 0 Å². The highest BCUT2D eigenvalue weighted by Gasteiger charge is 2.04. The van der Waals surface area contributed by atoms with Gasteiger partial charge in [0.15, 0.2) is 11.8 Å². The lowest BCUT2D eigenvalue weighted by Gasteiger charge is -2.10. The van der Waals surface area contributed by atoms with Gasteiger partial charge in [0.05, 0.1) is 6.54 Å². The Morgan fingerprint density at radius 3 is 2.77 bits per heavy atom. The third-order valence-corrected chi connectivity index (χ3v) is 2.88. The number of guanidine groups is 1. The van der Waals surface area contributed by atoms with E-state index in [0.717, 1.165) is 37.8 Å². The zero-order chi connectivity index (χ0) is 15.5. The third kappa shape index (κ3) is 7.61. The number of terminal acetylenes is 1. The zero-order valence-corrected chi connectivity index (χ0v) is 15.8. The molecule has 0 aliphatic heterocycles. The lowest BCUT2D eigenvalue weighted by molar-refractivity contribution is 0.145. The smallest absolute Gasteiger partial charge is 0.192 e. The second kappa shape index (κ2) is 12.2. The summed E-state index contributed by atoms with van der Waals surface area (Å²) >= 11 is 0. The molecule has 0 unspecified atom stereocenters. The molecule has 8 heteroatoms. The number of hydrogen-bond donors (Lipinski definition) is 2. The van der Waals surface area contributed by atoms with E-state index in [1.807, 2.05) is 25.5 Å². The number of ether oxygens (including phenoxy) is 1. The van der Waals surface area contributed by atoms with Gasteiger partial charge in [0.1, 0.15) is 12.4 Å². The molecule has 1 aromatic heterocycles. The van der Waals surface area contributed by atoms with E-state index in [1.165, 1.54) is 0 Å². The van der Waals surface area contributed by atoms with E-state index in [1.54, 1.807) is 0 Å². The molecular weight excluding hydrogens is 395 g/mol. The Morgan fingerprint density at radius 2 is 2.18 bits per heavy atom. The van der Waals surface area contributed by atoms with Gasteiger partial charge in [0.2, 0.25) is 0 Å². The van der Waals surface area contributed by atoms with Crippen LogP contribution in [0.5, 0.6) is 0 Å². The Morgan fingerprint density at radius 1 is 1.41 bits per heavy atom. The van der Waals surface area contributed by atoms with Gasteiger partial charge in [-0.25, -0.2) is 4.99 Å². The maximum Gasteiger partial charge on any atom is 0.192 e. The maximum atomic E-state index is 5.29. The summed E-state index contributed by atoms with van der Waals surface area (Å²) in [4.78, 5) is 4.46. The Labute approximate surface area is 149 Å². The van der Waals surface area contributed by atoms with Crippen molar-refractivity contribution < 1.29 is 4.74 Å². The lowest BCUT2D eigenvalue weighted by Crippen LogP contribution is -2.38. The van der Waals surface area contributed by atoms with Crippen LogP contribution in [0, 0.1) is 19.3 Å². The largest absolute Gasteiger partial charge is 0.382 e. The molecule has 0 aliphatic rings. The zero-order valence-electron chi connectivity index (χ0n) is 13.4. The van der Waals surface area contributed by atoms with Crippen LogP contribution < -0.4 is 10.6 Å². The van der Waals surface area contributed by atoms with Crippen molar-refractivity contribution in [3.63, 3.8) is 0 Å². The number of rotatable bonds is 8. The highest BCUT2D eigenvalue weighted by molar-refractivity contribution is 14.0. The Bertz CT molecular complexity index is 494. The Kier molecular flexibility index (Phi) is 11.5. The van der Waals surface area contributed by atoms with Crippen LogP contribution in [0.25, 0.3) is 0 Å². The minimum Gasteiger partial charge on any atom is -0.382 e. The van der Waals surface area contributed by atoms with Gasteiger partial charge in [0, 0.05) is 26.8 Å². The van der Waals surface area contributed by atoms with Crippen LogP contribution in [0.15, 0.2) is 4.99 Å².